The fraction of sp³-hybridized carbons (Fsp3) is 0.867. The van der Waals surface area contributed by atoms with Crippen molar-refractivity contribution in [3.63, 3.8) is 0 Å². The SMILES string of the molecule is CC(=O)NC[C@H](COP(=O)([O-])OC1CCC(C)(C)CC1)NC(C)=O. The van der Waals surface area contributed by atoms with E-state index in [0.717, 1.165) is 12.8 Å². The van der Waals surface area contributed by atoms with Crippen molar-refractivity contribution in [3.05, 3.63) is 0 Å². The van der Waals surface area contributed by atoms with Gasteiger partial charge in [-0.3, -0.25) is 14.2 Å². The van der Waals surface area contributed by atoms with E-state index in [1.54, 1.807) is 0 Å². The normalized spacial score (nSPS) is 21.5. The van der Waals surface area contributed by atoms with E-state index in [9.17, 15) is 19.0 Å². The van der Waals surface area contributed by atoms with Crippen LogP contribution in [0, 0.1) is 5.41 Å². The predicted octanol–water partition coefficient (Wildman–Crippen LogP) is 1.10. The highest BCUT2D eigenvalue weighted by Crippen LogP contribution is 2.45. The number of carbonyl (C=O) groups is 2. The molecule has 140 valence electrons. The van der Waals surface area contributed by atoms with Gasteiger partial charge in [0, 0.05) is 20.4 Å². The van der Waals surface area contributed by atoms with Crippen LogP contribution < -0.4 is 15.5 Å². The Balaban J connectivity index is 2.47. The van der Waals surface area contributed by atoms with Crippen LogP contribution in [-0.4, -0.2) is 37.1 Å². The number of amides is 2. The number of phosphoric ester groups is 1. The molecule has 1 saturated carbocycles. The molecule has 9 heteroatoms. The number of hydrogen-bond donors (Lipinski definition) is 2. The van der Waals surface area contributed by atoms with Crippen LogP contribution >= 0.6 is 7.82 Å². The molecule has 1 rings (SSSR count). The van der Waals surface area contributed by atoms with Crippen molar-refractivity contribution in [1.29, 1.82) is 0 Å². The molecular weight excluding hydrogens is 335 g/mol. The average molecular weight is 363 g/mol. The molecule has 1 unspecified atom stereocenters. The molecule has 0 aromatic heterocycles. The van der Waals surface area contributed by atoms with Gasteiger partial charge in [-0.15, -0.1) is 0 Å². The Labute approximate surface area is 143 Å². The summed E-state index contributed by atoms with van der Waals surface area (Å²) in [5, 5.41) is 5.04. The van der Waals surface area contributed by atoms with Crippen molar-refractivity contribution in [2.45, 2.75) is 65.5 Å². The van der Waals surface area contributed by atoms with Gasteiger partial charge in [0.05, 0.1) is 18.8 Å². The van der Waals surface area contributed by atoms with Gasteiger partial charge in [0.25, 0.3) is 7.82 Å². The molecule has 0 heterocycles. The summed E-state index contributed by atoms with van der Waals surface area (Å²) in [5.74, 6) is -0.623. The first-order valence-corrected chi connectivity index (χ1v) is 9.61. The van der Waals surface area contributed by atoms with Crippen LogP contribution in [0.3, 0.4) is 0 Å². The lowest BCUT2D eigenvalue weighted by molar-refractivity contribution is -0.231. The first kappa shape index (κ1) is 21.1. The van der Waals surface area contributed by atoms with E-state index in [0.29, 0.717) is 12.8 Å². The monoisotopic (exact) mass is 363 g/mol. The van der Waals surface area contributed by atoms with Crippen molar-refractivity contribution in [3.8, 4) is 0 Å². The topological polar surface area (TPSA) is 117 Å². The maximum Gasteiger partial charge on any atom is 0.268 e. The smallest absolute Gasteiger partial charge is 0.268 e. The lowest BCUT2D eigenvalue weighted by Crippen LogP contribution is -2.45. The van der Waals surface area contributed by atoms with Gasteiger partial charge in [0.1, 0.15) is 0 Å². The Hall–Kier alpha value is -0.950. The van der Waals surface area contributed by atoms with Crippen LogP contribution in [-0.2, 0) is 23.2 Å². The third-order valence-corrected chi connectivity index (χ3v) is 5.02. The van der Waals surface area contributed by atoms with E-state index in [2.05, 4.69) is 24.5 Å². The van der Waals surface area contributed by atoms with Gasteiger partial charge in [-0.25, -0.2) is 0 Å². The molecule has 1 fully saturated rings. The highest BCUT2D eigenvalue weighted by Gasteiger charge is 2.29. The molecule has 0 saturated heterocycles. The number of carbonyl (C=O) groups excluding carboxylic acids is 2. The minimum absolute atomic E-state index is 0.0759. The molecule has 24 heavy (non-hydrogen) atoms. The Morgan fingerprint density at radius 2 is 1.83 bits per heavy atom. The van der Waals surface area contributed by atoms with Gasteiger partial charge < -0.3 is 24.6 Å². The maximum absolute atomic E-state index is 12.0. The maximum atomic E-state index is 12.0. The van der Waals surface area contributed by atoms with E-state index >= 15 is 0 Å². The number of rotatable bonds is 8. The van der Waals surface area contributed by atoms with Crippen LogP contribution in [0.2, 0.25) is 0 Å². The summed E-state index contributed by atoms with van der Waals surface area (Å²) < 4.78 is 22.0. The Kier molecular flexibility index (Phi) is 7.86. The molecule has 1 aliphatic rings. The molecule has 1 aliphatic carbocycles. The molecule has 2 N–H and O–H groups in total. The van der Waals surface area contributed by atoms with Gasteiger partial charge in [-0.05, 0) is 31.1 Å². The molecule has 2 atom stereocenters. The zero-order valence-corrected chi connectivity index (χ0v) is 15.7. The van der Waals surface area contributed by atoms with E-state index in [4.69, 9.17) is 9.05 Å². The van der Waals surface area contributed by atoms with Crippen LogP contribution in [0.25, 0.3) is 0 Å². The molecule has 0 radical (unpaired) electrons. The van der Waals surface area contributed by atoms with E-state index in [1.165, 1.54) is 13.8 Å². The van der Waals surface area contributed by atoms with Crippen LogP contribution in [0.1, 0.15) is 53.4 Å². The van der Waals surface area contributed by atoms with E-state index < -0.39 is 13.9 Å². The second-order valence-electron chi connectivity index (χ2n) is 7.05. The highest BCUT2D eigenvalue weighted by atomic mass is 31.2. The number of nitrogens with one attached hydrogen (secondary N) is 2. The lowest BCUT2D eigenvalue weighted by Gasteiger charge is -2.37. The predicted molar refractivity (Wildman–Crippen MR) is 87.0 cm³/mol. The summed E-state index contributed by atoms with van der Waals surface area (Å²) in [6, 6.07) is -0.650. The second-order valence-corrected chi connectivity index (χ2v) is 8.41. The fourth-order valence-corrected chi connectivity index (χ4v) is 3.58. The highest BCUT2D eigenvalue weighted by molar-refractivity contribution is 7.45. The molecule has 0 aliphatic heterocycles. The van der Waals surface area contributed by atoms with Crippen LogP contribution in [0.5, 0.6) is 0 Å². The third kappa shape index (κ3) is 8.78. The summed E-state index contributed by atoms with van der Waals surface area (Å²) in [6.45, 7) is 6.72. The van der Waals surface area contributed by atoms with Gasteiger partial charge in [-0.2, -0.15) is 0 Å². The molecule has 2 amide bonds. The third-order valence-electron chi connectivity index (χ3n) is 4.00. The first-order chi connectivity index (χ1) is 11.0. The van der Waals surface area contributed by atoms with Crippen LogP contribution in [0.15, 0.2) is 0 Å². The molecule has 0 aromatic carbocycles. The van der Waals surface area contributed by atoms with Gasteiger partial charge in [0.15, 0.2) is 0 Å². The fourth-order valence-electron chi connectivity index (χ4n) is 2.58. The number of phosphoric acid groups is 1. The second kappa shape index (κ2) is 8.94. The molecule has 0 spiro atoms. The summed E-state index contributed by atoms with van der Waals surface area (Å²) in [5.41, 5.74) is 0.211. The van der Waals surface area contributed by atoms with Crippen molar-refractivity contribution in [2.24, 2.45) is 5.41 Å². The van der Waals surface area contributed by atoms with Gasteiger partial charge >= 0.3 is 0 Å². The number of hydrogen-bond acceptors (Lipinski definition) is 6. The zero-order valence-electron chi connectivity index (χ0n) is 14.8. The Morgan fingerprint density at radius 3 is 2.33 bits per heavy atom. The summed E-state index contributed by atoms with van der Waals surface area (Å²) in [4.78, 5) is 34.1. The van der Waals surface area contributed by atoms with Gasteiger partial charge in [0.2, 0.25) is 11.8 Å². The standard InChI is InChI=1S/C15H29N2O6P/c1-11(18)16-9-13(17-12(2)19)10-22-24(20,21)23-14-5-7-15(3,4)8-6-14/h13-14H,5-10H2,1-4H3,(H,16,18)(H,17,19)(H,20,21)/p-1/t13-/m1/s1. The Morgan fingerprint density at radius 1 is 1.25 bits per heavy atom. The summed E-state index contributed by atoms with van der Waals surface area (Å²) >= 11 is 0. The quantitative estimate of drug-likeness (QED) is 0.624. The minimum Gasteiger partial charge on any atom is -0.756 e. The largest absolute Gasteiger partial charge is 0.756 e. The summed E-state index contributed by atoms with van der Waals surface area (Å²) in [7, 11) is -4.46. The first-order valence-electron chi connectivity index (χ1n) is 8.15. The minimum atomic E-state index is -4.46. The molecule has 0 bridgehead atoms. The van der Waals surface area contributed by atoms with E-state index in [1.807, 2.05) is 0 Å². The van der Waals surface area contributed by atoms with Crippen LogP contribution in [0.4, 0.5) is 0 Å². The van der Waals surface area contributed by atoms with Crippen molar-refractivity contribution in [2.75, 3.05) is 13.2 Å². The average Bonchev–Trinajstić information content (AvgIpc) is 2.43. The lowest BCUT2D eigenvalue weighted by atomic mass is 9.76. The van der Waals surface area contributed by atoms with Crippen molar-refractivity contribution in [1.82, 2.24) is 10.6 Å². The van der Waals surface area contributed by atoms with Crippen molar-refractivity contribution >= 4 is 19.6 Å². The zero-order chi connectivity index (χ0) is 18.4. The Bertz CT molecular complexity index is 486. The van der Waals surface area contributed by atoms with Gasteiger partial charge in [-0.1, -0.05) is 13.8 Å². The van der Waals surface area contributed by atoms with Crippen molar-refractivity contribution < 1.29 is 28.1 Å². The molecule has 8 nitrogen and oxygen atoms in total. The summed E-state index contributed by atoms with van der Waals surface area (Å²) in [6.07, 6.45) is 2.77. The molecule has 0 aromatic rings. The van der Waals surface area contributed by atoms with E-state index in [-0.39, 0.29) is 36.5 Å². The molecular formula is C15H28N2O6P-.